The number of pyridine rings is 1. The number of para-hydroxylation sites is 1. The number of carbonyl (C=O) groups is 2. The van der Waals surface area contributed by atoms with Crippen molar-refractivity contribution in [2.45, 2.75) is 38.4 Å². The van der Waals surface area contributed by atoms with Crippen molar-refractivity contribution in [2.24, 2.45) is 0 Å². The standard InChI is InChI=1S/C29H26Cl2FN3O5/c1-15-26(22(30)10-25(31)33-15)28(36)34-11-16-4-3-5-19(27(16)40-14-34)20-9-24(21(8-23(20)32)29(37)38-2)35-17-6-7-18(35)13-39-12-17/h3-5,8-10,17-18H,6-7,11-14H2,1-2H3. The number of aryl methyl sites for hydroxylation is 1. The second-order valence-corrected chi connectivity index (χ2v) is 10.9. The Kier molecular flexibility index (Phi) is 7.06. The third-order valence-corrected chi connectivity index (χ3v) is 8.24. The van der Waals surface area contributed by atoms with E-state index in [1.54, 1.807) is 25.1 Å². The third kappa shape index (κ3) is 4.56. The van der Waals surface area contributed by atoms with Gasteiger partial charge in [-0.15, -0.1) is 0 Å². The molecule has 208 valence electrons. The molecule has 3 aromatic rings. The van der Waals surface area contributed by atoms with Gasteiger partial charge in [0.05, 0.1) is 66.5 Å². The molecule has 40 heavy (non-hydrogen) atoms. The average molecular weight is 586 g/mol. The fraction of sp³-hybridized carbons (Fsp3) is 0.345. The molecule has 0 saturated carbocycles. The van der Waals surface area contributed by atoms with Gasteiger partial charge in [0.15, 0.2) is 6.73 Å². The molecule has 2 bridgehead atoms. The number of halogens is 3. The number of hydrogen-bond donors (Lipinski definition) is 0. The largest absolute Gasteiger partial charge is 0.472 e. The molecule has 1 amide bonds. The van der Waals surface area contributed by atoms with Crippen LogP contribution in [-0.2, 0) is 16.0 Å². The smallest absolute Gasteiger partial charge is 0.340 e. The zero-order chi connectivity index (χ0) is 28.1. The van der Waals surface area contributed by atoms with Crippen molar-refractivity contribution >= 4 is 40.8 Å². The molecule has 11 heteroatoms. The number of carbonyl (C=O) groups excluding carboxylic acids is 2. The first-order valence-electron chi connectivity index (χ1n) is 12.9. The molecule has 2 saturated heterocycles. The fourth-order valence-corrected chi connectivity index (χ4v) is 6.52. The van der Waals surface area contributed by atoms with Gasteiger partial charge >= 0.3 is 5.97 Å². The summed E-state index contributed by atoms with van der Waals surface area (Å²) in [6.07, 6.45) is 1.86. The maximum atomic E-state index is 15.7. The van der Waals surface area contributed by atoms with Crippen LogP contribution in [0.4, 0.5) is 10.1 Å². The van der Waals surface area contributed by atoms with Crippen molar-refractivity contribution in [3.63, 3.8) is 0 Å². The van der Waals surface area contributed by atoms with Crippen molar-refractivity contribution in [3.05, 3.63) is 74.8 Å². The van der Waals surface area contributed by atoms with Crippen LogP contribution in [0.1, 0.15) is 44.8 Å². The van der Waals surface area contributed by atoms with Crippen molar-refractivity contribution < 1.29 is 28.2 Å². The molecule has 0 aliphatic carbocycles. The molecule has 6 rings (SSSR count). The monoisotopic (exact) mass is 585 g/mol. The van der Waals surface area contributed by atoms with Crippen LogP contribution >= 0.6 is 23.2 Å². The van der Waals surface area contributed by atoms with Gasteiger partial charge < -0.3 is 24.0 Å². The van der Waals surface area contributed by atoms with Gasteiger partial charge in [0.1, 0.15) is 16.7 Å². The van der Waals surface area contributed by atoms with Crippen LogP contribution in [0.25, 0.3) is 11.1 Å². The molecular weight excluding hydrogens is 560 g/mol. The van der Waals surface area contributed by atoms with Crippen LogP contribution in [-0.4, -0.2) is 60.9 Å². The molecule has 8 nitrogen and oxygen atoms in total. The molecule has 0 N–H and O–H groups in total. The molecule has 2 aromatic carbocycles. The number of amides is 1. The highest BCUT2D eigenvalue weighted by molar-refractivity contribution is 6.36. The number of nitrogens with zero attached hydrogens (tertiary/aromatic N) is 3. The number of benzene rings is 2. The minimum Gasteiger partial charge on any atom is -0.472 e. The van der Waals surface area contributed by atoms with Crippen molar-refractivity contribution in [1.82, 2.24) is 9.88 Å². The van der Waals surface area contributed by atoms with Gasteiger partial charge in [-0.25, -0.2) is 14.2 Å². The maximum Gasteiger partial charge on any atom is 0.340 e. The minimum atomic E-state index is -0.600. The SMILES string of the molecule is COC(=O)c1cc(F)c(-c2cccc3c2OCN(C(=O)c2c(Cl)cc(Cl)nc2C)C3)cc1N1C2CCC1COC2. The van der Waals surface area contributed by atoms with Gasteiger partial charge in [-0.3, -0.25) is 4.79 Å². The first kappa shape index (κ1) is 26.8. The molecule has 2 unspecified atom stereocenters. The first-order chi connectivity index (χ1) is 19.3. The summed E-state index contributed by atoms with van der Waals surface area (Å²) >= 11 is 12.3. The van der Waals surface area contributed by atoms with Gasteiger partial charge in [-0.1, -0.05) is 41.4 Å². The van der Waals surface area contributed by atoms with E-state index in [9.17, 15) is 9.59 Å². The highest BCUT2D eigenvalue weighted by Gasteiger charge is 2.40. The number of anilines is 1. The quantitative estimate of drug-likeness (QED) is 0.289. The number of fused-ring (bicyclic) bond motifs is 3. The highest BCUT2D eigenvalue weighted by Crippen LogP contribution is 2.43. The van der Waals surface area contributed by atoms with E-state index in [0.29, 0.717) is 47.0 Å². The summed E-state index contributed by atoms with van der Waals surface area (Å²) < 4.78 is 32.5. The Morgan fingerprint density at radius 1 is 1.10 bits per heavy atom. The number of methoxy groups -OCH3 is 1. The summed E-state index contributed by atoms with van der Waals surface area (Å²) in [5.74, 6) is -1.04. The predicted octanol–water partition coefficient (Wildman–Crippen LogP) is 5.65. The molecule has 2 fully saturated rings. The number of aromatic nitrogens is 1. The molecule has 0 spiro atoms. The lowest BCUT2D eigenvalue weighted by Gasteiger charge is -2.37. The number of ether oxygens (including phenoxy) is 3. The van der Waals surface area contributed by atoms with E-state index in [2.05, 4.69) is 9.88 Å². The first-order valence-corrected chi connectivity index (χ1v) is 13.7. The summed E-state index contributed by atoms with van der Waals surface area (Å²) in [6, 6.07) is 9.96. The van der Waals surface area contributed by atoms with E-state index >= 15 is 4.39 Å². The fourth-order valence-electron chi connectivity index (χ4n) is 5.91. The summed E-state index contributed by atoms with van der Waals surface area (Å²) in [7, 11) is 1.29. The van der Waals surface area contributed by atoms with E-state index in [4.69, 9.17) is 37.4 Å². The zero-order valence-electron chi connectivity index (χ0n) is 21.9. The van der Waals surface area contributed by atoms with Crippen LogP contribution < -0.4 is 9.64 Å². The van der Waals surface area contributed by atoms with E-state index in [-0.39, 0.29) is 52.6 Å². The Bertz CT molecular complexity index is 1490. The van der Waals surface area contributed by atoms with E-state index in [1.807, 2.05) is 6.07 Å². The Labute approximate surface area is 240 Å². The number of rotatable bonds is 4. The highest BCUT2D eigenvalue weighted by atomic mass is 35.5. The van der Waals surface area contributed by atoms with Crippen LogP contribution in [0.2, 0.25) is 10.2 Å². The normalized spacial score (nSPS) is 19.7. The van der Waals surface area contributed by atoms with Crippen LogP contribution in [0.3, 0.4) is 0 Å². The zero-order valence-corrected chi connectivity index (χ0v) is 23.4. The number of hydrogen-bond acceptors (Lipinski definition) is 7. The molecule has 2 atom stereocenters. The van der Waals surface area contributed by atoms with Gasteiger partial charge in [-0.05, 0) is 38.0 Å². The number of morpholine rings is 1. The molecule has 3 aliphatic rings. The average Bonchev–Trinajstić information content (AvgIpc) is 3.18. The van der Waals surface area contributed by atoms with Crippen LogP contribution in [0.5, 0.6) is 5.75 Å². The van der Waals surface area contributed by atoms with Gasteiger partial charge in [0, 0.05) is 16.7 Å². The van der Waals surface area contributed by atoms with Crippen LogP contribution in [0.15, 0.2) is 36.4 Å². The lowest BCUT2D eigenvalue weighted by molar-refractivity contribution is 0.0514. The van der Waals surface area contributed by atoms with E-state index in [0.717, 1.165) is 12.8 Å². The second-order valence-electron chi connectivity index (χ2n) is 10.1. The summed E-state index contributed by atoms with van der Waals surface area (Å²) in [6.45, 7) is 2.92. The molecule has 1 aromatic heterocycles. The van der Waals surface area contributed by atoms with E-state index in [1.165, 1.54) is 24.1 Å². The Hall–Kier alpha value is -3.40. The van der Waals surface area contributed by atoms with Gasteiger partial charge in [0.2, 0.25) is 0 Å². The van der Waals surface area contributed by atoms with Gasteiger partial charge in [0.25, 0.3) is 5.91 Å². The lowest BCUT2D eigenvalue weighted by Crippen LogP contribution is -2.46. The molecule has 3 aliphatic heterocycles. The molecular formula is C29H26Cl2FN3O5. The summed E-state index contributed by atoms with van der Waals surface area (Å²) in [5, 5.41) is 0.410. The van der Waals surface area contributed by atoms with Gasteiger partial charge in [-0.2, -0.15) is 0 Å². The molecule has 0 radical (unpaired) electrons. The maximum absolute atomic E-state index is 15.7. The Balaban J connectivity index is 1.38. The summed E-state index contributed by atoms with van der Waals surface area (Å²) in [4.78, 5) is 33.9. The second kappa shape index (κ2) is 10.5. The topological polar surface area (TPSA) is 81.2 Å². The summed E-state index contributed by atoms with van der Waals surface area (Å²) in [5.41, 5.74) is 2.99. The van der Waals surface area contributed by atoms with E-state index < -0.39 is 11.8 Å². The molecule has 4 heterocycles. The Morgan fingerprint density at radius 2 is 1.85 bits per heavy atom. The number of esters is 1. The lowest BCUT2D eigenvalue weighted by atomic mass is 9.96. The van der Waals surface area contributed by atoms with Crippen molar-refractivity contribution in [1.29, 1.82) is 0 Å². The van der Waals surface area contributed by atoms with Crippen molar-refractivity contribution in [3.8, 4) is 16.9 Å². The van der Waals surface area contributed by atoms with Crippen LogP contribution in [0, 0.1) is 12.7 Å². The third-order valence-electron chi connectivity index (χ3n) is 7.74. The predicted molar refractivity (Wildman–Crippen MR) is 148 cm³/mol. The van der Waals surface area contributed by atoms with Crippen molar-refractivity contribution in [2.75, 3.05) is 32.0 Å². The Morgan fingerprint density at radius 3 is 2.55 bits per heavy atom. The minimum absolute atomic E-state index is 0.0659.